The first-order valence-electron chi connectivity index (χ1n) is 8.48. The monoisotopic (exact) mass is 320 g/mol. The molecule has 3 N–H and O–H groups in total. The maximum atomic E-state index is 11.1. The van der Waals surface area contributed by atoms with Gasteiger partial charge in [0.25, 0.3) is 0 Å². The summed E-state index contributed by atoms with van der Waals surface area (Å²) in [5.74, 6) is 1.08. The fourth-order valence-corrected chi connectivity index (χ4v) is 2.98. The van der Waals surface area contributed by atoms with Crippen molar-refractivity contribution in [3.8, 4) is 0 Å². The third kappa shape index (κ3) is 5.92. The van der Waals surface area contributed by atoms with Crippen LogP contribution in [0.4, 0.5) is 0 Å². The summed E-state index contributed by atoms with van der Waals surface area (Å²) < 4.78 is 1.92. The van der Waals surface area contributed by atoms with E-state index in [9.17, 15) is 4.79 Å². The Bertz CT molecular complexity index is 499. The average Bonchev–Trinajstić information content (AvgIpc) is 3.03. The lowest BCUT2D eigenvalue weighted by atomic mass is 9.95. The van der Waals surface area contributed by atoms with Crippen LogP contribution in [0.15, 0.2) is 23.5 Å². The number of hydrogen-bond acceptors (Lipinski definition) is 3. The first-order valence-corrected chi connectivity index (χ1v) is 8.48. The van der Waals surface area contributed by atoms with Crippen molar-refractivity contribution in [3.05, 3.63) is 18.5 Å². The number of guanidine groups is 1. The highest BCUT2D eigenvalue weighted by atomic mass is 16.1. The number of hydrogen-bond donors (Lipinski definition) is 2. The number of amides is 1. The Morgan fingerprint density at radius 2 is 2.39 bits per heavy atom. The molecule has 1 amide bonds. The predicted molar refractivity (Wildman–Crippen MR) is 90.9 cm³/mol. The van der Waals surface area contributed by atoms with Gasteiger partial charge < -0.3 is 16.0 Å². The Hall–Kier alpha value is -2.05. The van der Waals surface area contributed by atoms with Crippen molar-refractivity contribution in [2.45, 2.75) is 39.2 Å². The van der Waals surface area contributed by atoms with Crippen LogP contribution >= 0.6 is 0 Å². The molecule has 7 nitrogen and oxygen atoms in total. The van der Waals surface area contributed by atoms with Gasteiger partial charge in [-0.3, -0.25) is 14.5 Å². The average molecular weight is 320 g/mol. The van der Waals surface area contributed by atoms with Gasteiger partial charge in [0.2, 0.25) is 5.91 Å². The SMILES string of the molecule is CCNC(=NCCCn1cccn1)N1CCCC(CC(N)=O)C1. The number of primary amides is 1. The van der Waals surface area contributed by atoms with Gasteiger partial charge in [-0.25, -0.2) is 0 Å². The second-order valence-corrected chi connectivity index (χ2v) is 5.98. The molecule has 0 spiro atoms. The fourth-order valence-electron chi connectivity index (χ4n) is 2.98. The molecule has 1 fully saturated rings. The maximum Gasteiger partial charge on any atom is 0.217 e. The summed E-state index contributed by atoms with van der Waals surface area (Å²) in [4.78, 5) is 18.1. The number of carbonyl (C=O) groups is 1. The van der Waals surface area contributed by atoms with Crippen LogP contribution in [0.1, 0.15) is 32.6 Å². The summed E-state index contributed by atoms with van der Waals surface area (Å²) in [6.45, 7) is 6.40. The molecule has 7 heteroatoms. The van der Waals surface area contributed by atoms with E-state index in [4.69, 9.17) is 10.7 Å². The largest absolute Gasteiger partial charge is 0.370 e. The Labute approximate surface area is 137 Å². The van der Waals surface area contributed by atoms with Crippen molar-refractivity contribution in [1.82, 2.24) is 20.0 Å². The number of aromatic nitrogens is 2. The molecule has 1 aliphatic heterocycles. The number of nitrogens with one attached hydrogen (secondary N) is 1. The molecule has 0 bridgehead atoms. The molecule has 1 aromatic heterocycles. The molecule has 128 valence electrons. The van der Waals surface area contributed by atoms with E-state index in [0.717, 1.165) is 57.9 Å². The highest BCUT2D eigenvalue weighted by Crippen LogP contribution is 2.19. The zero-order chi connectivity index (χ0) is 16.5. The van der Waals surface area contributed by atoms with Crippen LogP contribution in [0.3, 0.4) is 0 Å². The third-order valence-corrected chi connectivity index (χ3v) is 4.01. The molecule has 23 heavy (non-hydrogen) atoms. The van der Waals surface area contributed by atoms with Crippen LogP contribution < -0.4 is 11.1 Å². The van der Waals surface area contributed by atoms with Crippen molar-refractivity contribution >= 4 is 11.9 Å². The van der Waals surface area contributed by atoms with E-state index in [1.54, 1.807) is 6.20 Å². The number of nitrogens with two attached hydrogens (primary N) is 1. The Morgan fingerprint density at radius 1 is 1.52 bits per heavy atom. The van der Waals surface area contributed by atoms with Crippen molar-refractivity contribution in [1.29, 1.82) is 0 Å². The zero-order valence-corrected chi connectivity index (χ0v) is 13.9. The lowest BCUT2D eigenvalue weighted by Crippen LogP contribution is -2.47. The summed E-state index contributed by atoms with van der Waals surface area (Å²) in [5, 5.41) is 7.55. The summed E-state index contributed by atoms with van der Waals surface area (Å²) >= 11 is 0. The zero-order valence-electron chi connectivity index (χ0n) is 13.9. The number of aliphatic imine (C=N–C) groups is 1. The molecule has 0 aromatic carbocycles. The van der Waals surface area contributed by atoms with Gasteiger partial charge in [0.1, 0.15) is 0 Å². The van der Waals surface area contributed by atoms with Gasteiger partial charge >= 0.3 is 0 Å². The normalized spacial score (nSPS) is 18.9. The Morgan fingerprint density at radius 3 is 3.09 bits per heavy atom. The van der Waals surface area contributed by atoms with Crippen molar-refractivity contribution < 1.29 is 4.79 Å². The molecule has 1 aliphatic rings. The minimum atomic E-state index is -0.210. The van der Waals surface area contributed by atoms with Crippen LogP contribution in [0.5, 0.6) is 0 Å². The third-order valence-electron chi connectivity index (χ3n) is 4.01. The molecular weight excluding hydrogens is 292 g/mol. The van der Waals surface area contributed by atoms with E-state index < -0.39 is 0 Å². The number of piperidine rings is 1. The molecule has 2 heterocycles. The Kier molecular flexibility index (Phi) is 6.90. The minimum Gasteiger partial charge on any atom is -0.370 e. The molecule has 1 unspecified atom stereocenters. The van der Waals surface area contributed by atoms with E-state index in [1.165, 1.54) is 0 Å². The molecule has 1 atom stereocenters. The second kappa shape index (κ2) is 9.17. The second-order valence-electron chi connectivity index (χ2n) is 5.98. The smallest absolute Gasteiger partial charge is 0.217 e. The van der Waals surface area contributed by atoms with E-state index >= 15 is 0 Å². The quantitative estimate of drug-likeness (QED) is 0.442. The standard InChI is InChI=1S/C16H28N6O/c1-2-18-16(19-7-4-10-22-11-5-8-20-22)21-9-3-6-14(13-21)12-15(17)23/h5,8,11,14H,2-4,6-7,9-10,12-13H2,1H3,(H2,17,23)(H,18,19). The first-order chi connectivity index (χ1) is 11.2. The van der Waals surface area contributed by atoms with Crippen LogP contribution in [0, 0.1) is 5.92 Å². The van der Waals surface area contributed by atoms with Crippen LogP contribution in [-0.4, -0.2) is 52.7 Å². The maximum absolute atomic E-state index is 11.1. The van der Waals surface area contributed by atoms with Gasteiger partial charge in [-0.2, -0.15) is 5.10 Å². The number of aryl methyl sites for hydroxylation is 1. The summed E-state index contributed by atoms with van der Waals surface area (Å²) in [7, 11) is 0. The summed E-state index contributed by atoms with van der Waals surface area (Å²) in [5.41, 5.74) is 5.34. The van der Waals surface area contributed by atoms with E-state index in [1.807, 2.05) is 16.9 Å². The molecule has 2 rings (SSSR count). The Balaban J connectivity index is 1.85. The van der Waals surface area contributed by atoms with Crippen molar-refractivity contribution in [2.24, 2.45) is 16.6 Å². The first kappa shape index (κ1) is 17.3. The molecule has 1 aromatic rings. The number of nitrogens with zero attached hydrogens (tertiary/aromatic N) is 4. The molecule has 0 aliphatic carbocycles. The molecular formula is C16H28N6O. The van der Waals surface area contributed by atoms with E-state index in [2.05, 4.69) is 22.2 Å². The molecule has 0 saturated carbocycles. The topological polar surface area (TPSA) is 88.5 Å². The number of carbonyl (C=O) groups excluding carboxylic acids is 1. The van der Waals surface area contributed by atoms with Crippen molar-refractivity contribution in [2.75, 3.05) is 26.2 Å². The van der Waals surface area contributed by atoms with Gasteiger partial charge in [0.15, 0.2) is 5.96 Å². The molecule has 0 radical (unpaired) electrons. The lowest BCUT2D eigenvalue weighted by molar-refractivity contribution is -0.119. The van der Waals surface area contributed by atoms with Crippen LogP contribution in [-0.2, 0) is 11.3 Å². The van der Waals surface area contributed by atoms with Gasteiger partial charge in [0.05, 0.1) is 0 Å². The van der Waals surface area contributed by atoms with Gasteiger partial charge in [0, 0.05) is 51.5 Å². The highest BCUT2D eigenvalue weighted by molar-refractivity contribution is 5.80. The predicted octanol–water partition coefficient (Wildman–Crippen LogP) is 0.826. The number of likely N-dealkylation sites (tertiary alicyclic amines) is 1. The highest BCUT2D eigenvalue weighted by Gasteiger charge is 2.23. The molecule has 1 saturated heterocycles. The fraction of sp³-hybridized carbons (Fsp3) is 0.688. The van der Waals surface area contributed by atoms with Gasteiger partial charge in [-0.05, 0) is 38.2 Å². The van der Waals surface area contributed by atoms with E-state index in [-0.39, 0.29) is 5.91 Å². The summed E-state index contributed by atoms with van der Waals surface area (Å²) in [6, 6.07) is 1.93. The summed E-state index contributed by atoms with van der Waals surface area (Å²) in [6.07, 6.45) is 7.33. The van der Waals surface area contributed by atoms with Gasteiger partial charge in [-0.15, -0.1) is 0 Å². The van der Waals surface area contributed by atoms with E-state index in [0.29, 0.717) is 12.3 Å². The minimum absolute atomic E-state index is 0.210. The van der Waals surface area contributed by atoms with Gasteiger partial charge in [-0.1, -0.05) is 0 Å². The van der Waals surface area contributed by atoms with Crippen LogP contribution in [0.25, 0.3) is 0 Å². The number of rotatable bonds is 7. The lowest BCUT2D eigenvalue weighted by Gasteiger charge is -2.34. The van der Waals surface area contributed by atoms with Crippen molar-refractivity contribution in [3.63, 3.8) is 0 Å². The van der Waals surface area contributed by atoms with Crippen LogP contribution in [0.2, 0.25) is 0 Å².